The van der Waals surface area contributed by atoms with Crippen molar-refractivity contribution in [1.82, 2.24) is 0 Å². The molecule has 2 atom stereocenters. The lowest BCUT2D eigenvalue weighted by molar-refractivity contribution is -0.158. The topological polar surface area (TPSA) is 46.5 Å². The third kappa shape index (κ3) is 3.72. The molecule has 0 aromatic carbocycles. The molecule has 0 saturated carbocycles. The molecule has 0 aromatic heterocycles. The zero-order valence-electron chi connectivity index (χ0n) is 9.30. The molecule has 0 rings (SSSR count). The second-order valence-electron chi connectivity index (χ2n) is 3.36. The minimum Gasteiger partial charge on any atom is -0.463 e. The highest BCUT2D eigenvalue weighted by Crippen LogP contribution is 2.33. The largest absolute Gasteiger partial charge is 0.463 e. The average Bonchev–Trinajstić information content (AvgIpc) is 2.19. The third-order valence-electron chi connectivity index (χ3n) is 2.41. The molecule has 0 amide bonds. The predicted octanol–water partition coefficient (Wildman–Crippen LogP) is 2.41. The van der Waals surface area contributed by atoms with Gasteiger partial charge in [-0.25, -0.2) is 9.18 Å². The van der Waals surface area contributed by atoms with Crippen molar-refractivity contribution in [1.29, 1.82) is 0 Å². The number of rotatable bonds is 6. The molecule has 0 saturated heterocycles. The Balaban J connectivity index is 4.61. The Morgan fingerprint density at radius 3 is 2.27 bits per heavy atom. The van der Waals surface area contributed by atoms with E-state index in [0.717, 1.165) is 0 Å². The highest BCUT2D eigenvalue weighted by Gasteiger charge is 2.47. The summed E-state index contributed by atoms with van der Waals surface area (Å²) in [5.74, 6) is -1.33. The van der Waals surface area contributed by atoms with Crippen molar-refractivity contribution in [2.45, 2.75) is 44.3 Å². The van der Waals surface area contributed by atoms with E-state index < -0.39 is 16.7 Å². The zero-order chi connectivity index (χ0) is 12.1. The number of hydrogen-bond donors (Lipinski definition) is 1. The number of carbonyl (C=O) groups excluding carboxylic acids is 1. The van der Waals surface area contributed by atoms with E-state index in [9.17, 15) is 14.3 Å². The van der Waals surface area contributed by atoms with Gasteiger partial charge < -0.3 is 9.84 Å². The van der Waals surface area contributed by atoms with Crippen LogP contribution in [0.5, 0.6) is 0 Å². The first-order valence-corrected chi connectivity index (χ1v) is 5.94. The smallest absolute Gasteiger partial charge is 0.357 e. The van der Waals surface area contributed by atoms with E-state index in [2.05, 4.69) is 20.7 Å². The van der Waals surface area contributed by atoms with Crippen LogP contribution in [0.25, 0.3) is 0 Å². The molecule has 0 bridgehead atoms. The number of carbonyl (C=O) groups is 1. The highest BCUT2D eigenvalue weighted by atomic mass is 79.9. The molecule has 0 aliphatic carbocycles. The summed E-state index contributed by atoms with van der Waals surface area (Å²) in [6.07, 6.45) is -0.172. The molecular weight excluding hydrogens is 267 g/mol. The Hall–Kier alpha value is -0.160. The molecule has 1 N–H and O–H groups in total. The molecule has 0 aromatic rings. The van der Waals surface area contributed by atoms with E-state index in [1.807, 2.05) is 13.8 Å². The van der Waals surface area contributed by atoms with Gasteiger partial charge >= 0.3 is 5.97 Å². The first kappa shape index (κ1) is 14.8. The van der Waals surface area contributed by atoms with Crippen LogP contribution in [-0.2, 0) is 9.53 Å². The van der Waals surface area contributed by atoms with Crippen LogP contribution in [0.15, 0.2) is 0 Å². The predicted molar refractivity (Wildman–Crippen MR) is 59.5 cm³/mol. The van der Waals surface area contributed by atoms with Crippen LogP contribution in [0.3, 0.4) is 0 Å². The van der Waals surface area contributed by atoms with Crippen LogP contribution in [0.4, 0.5) is 4.39 Å². The lowest BCUT2D eigenvalue weighted by atomic mass is 9.93. The first-order chi connectivity index (χ1) is 6.91. The maximum absolute atomic E-state index is 13.9. The summed E-state index contributed by atoms with van der Waals surface area (Å²) in [6, 6.07) is 0. The molecule has 0 aliphatic heterocycles. The van der Waals surface area contributed by atoms with Crippen LogP contribution in [-0.4, -0.2) is 28.4 Å². The fraction of sp³-hybridized carbons (Fsp3) is 0.900. The van der Waals surface area contributed by atoms with Crippen LogP contribution < -0.4 is 0 Å². The van der Waals surface area contributed by atoms with Gasteiger partial charge in [0.1, 0.15) is 6.10 Å². The molecule has 2 unspecified atom stereocenters. The van der Waals surface area contributed by atoms with Gasteiger partial charge in [-0.1, -0.05) is 26.7 Å². The summed E-state index contributed by atoms with van der Waals surface area (Å²) in [4.78, 5) is 11.2. The molecule has 0 aliphatic rings. The molecule has 3 nitrogen and oxygen atoms in total. The van der Waals surface area contributed by atoms with E-state index >= 15 is 0 Å². The molecule has 0 radical (unpaired) electrons. The van der Waals surface area contributed by atoms with Crippen molar-refractivity contribution in [2.24, 2.45) is 5.92 Å². The summed E-state index contributed by atoms with van der Waals surface area (Å²) >= 11 is 2.60. The molecule has 5 heteroatoms. The van der Waals surface area contributed by atoms with Crippen LogP contribution in [0.1, 0.15) is 33.6 Å². The van der Waals surface area contributed by atoms with Crippen LogP contribution in [0.2, 0.25) is 0 Å². The van der Waals surface area contributed by atoms with Crippen molar-refractivity contribution < 1.29 is 19.0 Å². The van der Waals surface area contributed by atoms with Gasteiger partial charge in [-0.15, -0.1) is 0 Å². The summed E-state index contributed by atoms with van der Waals surface area (Å²) in [5.41, 5.74) is 0. The molecular formula is C10H18BrFO3. The van der Waals surface area contributed by atoms with Crippen LogP contribution in [0, 0.1) is 5.92 Å². The number of ether oxygens (including phenoxy) is 1. The van der Waals surface area contributed by atoms with E-state index in [1.165, 1.54) is 0 Å². The number of aliphatic hydroxyl groups is 1. The fourth-order valence-electron chi connectivity index (χ4n) is 1.38. The van der Waals surface area contributed by atoms with Crippen molar-refractivity contribution in [3.8, 4) is 0 Å². The quantitative estimate of drug-likeness (QED) is 0.602. The van der Waals surface area contributed by atoms with Gasteiger partial charge in [-0.3, -0.25) is 0 Å². The summed E-state index contributed by atoms with van der Waals surface area (Å²) in [6.45, 7) is 5.35. The molecule has 15 heavy (non-hydrogen) atoms. The Kier molecular flexibility index (Phi) is 6.36. The number of esters is 1. The Bertz CT molecular complexity index is 205. The van der Waals surface area contributed by atoms with Gasteiger partial charge in [-0.2, -0.15) is 0 Å². The van der Waals surface area contributed by atoms with Crippen molar-refractivity contribution in [2.75, 3.05) is 6.61 Å². The SMILES string of the molecule is CCOC(=O)C(F)(Br)C(O)C(CC)CC. The Morgan fingerprint density at radius 1 is 1.47 bits per heavy atom. The van der Waals surface area contributed by atoms with Gasteiger partial charge in [0.15, 0.2) is 0 Å². The standard InChI is InChI=1S/C10H18BrFO3/c1-4-7(5-2)8(13)10(11,12)9(14)15-6-3/h7-8,13H,4-6H2,1-3H3. The monoisotopic (exact) mass is 284 g/mol. The van der Waals surface area contributed by atoms with Crippen molar-refractivity contribution >= 4 is 21.9 Å². The zero-order valence-corrected chi connectivity index (χ0v) is 10.9. The number of halogens is 2. The van der Waals surface area contributed by atoms with E-state index in [-0.39, 0.29) is 12.5 Å². The lowest BCUT2D eigenvalue weighted by Gasteiger charge is -2.28. The minimum absolute atomic E-state index is 0.0890. The molecule has 0 spiro atoms. The minimum atomic E-state index is -2.50. The number of alkyl halides is 2. The van der Waals surface area contributed by atoms with Gasteiger partial charge in [0.25, 0.3) is 4.58 Å². The van der Waals surface area contributed by atoms with E-state index in [1.54, 1.807) is 6.92 Å². The summed E-state index contributed by atoms with van der Waals surface area (Å²) in [5, 5.41) is 9.71. The van der Waals surface area contributed by atoms with Crippen molar-refractivity contribution in [3.63, 3.8) is 0 Å². The van der Waals surface area contributed by atoms with E-state index in [4.69, 9.17) is 0 Å². The summed E-state index contributed by atoms with van der Waals surface area (Å²) in [7, 11) is 0. The average molecular weight is 285 g/mol. The third-order valence-corrected chi connectivity index (χ3v) is 3.21. The van der Waals surface area contributed by atoms with Gasteiger partial charge in [0.2, 0.25) is 0 Å². The molecule has 0 fully saturated rings. The first-order valence-electron chi connectivity index (χ1n) is 5.14. The summed E-state index contributed by atoms with van der Waals surface area (Å²) < 4.78 is 15.9. The maximum atomic E-state index is 13.9. The van der Waals surface area contributed by atoms with Crippen molar-refractivity contribution in [3.05, 3.63) is 0 Å². The molecule has 90 valence electrons. The normalized spacial score (nSPS) is 17.3. The van der Waals surface area contributed by atoms with Gasteiger partial charge in [0, 0.05) is 0 Å². The molecule has 0 heterocycles. The Morgan fingerprint density at radius 2 is 1.93 bits per heavy atom. The second kappa shape index (κ2) is 6.43. The van der Waals surface area contributed by atoms with Crippen LogP contribution >= 0.6 is 15.9 Å². The highest BCUT2D eigenvalue weighted by molar-refractivity contribution is 9.10. The fourth-order valence-corrected chi connectivity index (χ4v) is 1.87. The van der Waals surface area contributed by atoms with E-state index in [0.29, 0.717) is 12.8 Å². The maximum Gasteiger partial charge on any atom is 0.357 e. The Labute approximate surface area is 98.1 Å². The van der Waals surface area contributed by atoms with Gasteiger partial charge in [-0.05, 0) is 28.8 Å². The van der Waals surface area contributed by atoms with Gasteiger partial charge in [0.05, 0.1) is 6.61 Å². The lowest BCUT2D eigenvalue weighted by Crippen LogP contribution is -2.45. The second-order valence-corrected chi connectivity index (χ2v) is 4.52. The number of aliphatic hydroxyl groups excluding tert-OH is 1. The number of hydrogen-bond acceptors (Lipinski definition) is 3.